The van der Waals surface area contributed by atoms with E-state index in [1.54, 1.807) is 7.11 Å². The number of hydrogen-bond donors (Lipinski definition) is 1. The van der Waals surface area contributed by atoms with Crippen LogP contribution in [0, 0.1) is 5.92 Å². The van der Waals surface area contributed by atoms with E-state index in [1.807, 2.05) is 6.07 Å². The lowest BCUT2D eigenvalue weighted by molar-refractivity contribution is 0.178. The van der Waals surface area contributed by atoms with E-state index in [0.29, 0.717) is 30.2 Å². The van der Waals surface area contributed by atoms with Crippen LogP contribution in [0.25, 0.3) is 0 Å². The molecule has 1 saturated heterocycles. The minimum absolute atomic E-state index is 0.401. The average molecular weight is 250 g/mol. The molecule has 1 aromatic rings. The molecule has 0 aromatic carbocycles. The van der Waals surface area contributed by atoms with E-state index in [4.69, 9.17) is 10.5 Å². The summed E-state index contributed by atoms with van der Waals surface area (Å²) in [6.45, 7) is 5.96. The van der Waals surface area contributed by atoms with Gasteiger partial charge in [-0.25, -0.2) is 9.97 Å². The molecule has 2 rings (SSSR count). The maximum Gasteiger partial charge on any atom is 0.158 e. The van der Waals surface area contributed by atoms with Gasteiger partial charge < -0.3 is 15.4 Å². The van der Waals surface area contributed by atoms with Crippen molar-refractivity contribution >= 4 is 11.6 Å². The van der Waals surface area contributed by atoms with E-state index in [2.05, 4.69) is 28.7 Å². The zero-order valence-electron chi connectivity index (χ0n) is 11.4. The molecule has 1 aromatic heterocycles. The third-order valence-electron chi connectivity index (χ3n) is 3.42. The van der Waals surface area contributed by atoms with Crippen molar-refractivity contribution in [2.24, 2.45) is 5.92 Å². The summed E-state index contributed by atoms with van der Waals surface area (Å²) in [6, 6.07) is 2.41. The number of anilines is 2. The molecule has 0 spiro atoms. The molecule has 0 aliphatic carbocycles. The first kappa shape index (κ1) is 13.1. The van der Waals surface area contributed by atoms with Crippen molar-refractivity contribution in [2.45, 2.75) is 39.3 Å². The number of aromatic nitrogens is 2. The number of nitrogens with two attached hydrogens (primary N) is 1. The van der Waals surface area contributed by atoms with Crippen LogP contribution in [0.2, 0.25) is 0 Å². The molecule has 2 N–H and O–H groups in total. The fourth-order valence-corrected chi connectivity index (χ4v) is 2.61. The third kappa shape index (κ3) is 2.72. The molecule has 0 radical (unpaired) electrons. The summed E-state index contributed by atoms with van der Waals surface area (Å²) < 4.78 is 5.08. The van der Waals surface area contributed by atoms with Crippen molar-refractivity contribution in [3.8, 4) is 0 Å². The van der Waals surface area contributed by atoms with Gasteiger partial charge in [0.1, 0.15) is 18.2 Å². The fraction of sp³-hybridized carbons (Fsp3) is 0.692. The van der Waals surface area contributed by atoms with Crippen molar-refractivity contribution in [3.05, 3.63) is 11.9 Å². The minimum atomic E-state index is 0.401. The highest BCUT2D eigenvalue weighted by Gasteiger charge is 2.28. The molecule has 1 fully saturated rings. The molecule has 100 valence electrons. The lowest BCUT2D eigenvalue weighted by Gasteiger charge is -2.29. The second-order valence-electron chi connectivity index (χ2n) is 5.15. The minimum Gasteiger partial charge on any atom is -0.384 e. The third-order valence-corrected chi connectivity index (χ3v) is 3.42. The van der Waals surface area contributed by atoms with Crippen LogP contribution in [-0.2, 0) is 11.3 Å². The Kier molecular flexibility index (Phi) is 4.01. The van der Waals surface area contributed by atoms with Crippen LogP contribution in [0.15, 0.2) is 6.07 Å². The number of nitrogens with zero attached hydrogens (tertiary/aromatic N) is 3. The van der Waals surface area contributed by atoms with Crippen LogP contribution in [-0.4, -0.2) is 29.7 Å². The number of ether oxygens (including phenoxy) is 1. The molecular formula is C13H22N4O. The van der Waals surface area contributed by atoms with Crippen molar-refractivity contribution < 1.29 is 4.74 Å². The SMILES string of the molecule is COCc1nc(N)cc(N2CCCC2C(C)C)n1. The van der Waals surface area contributed by atoms with E-state index < -0.39 is 0 Å². The molecule has 5 heteroatoms. The van der Waals surface area contributed by atoms with E-state index in [1.165, 1.54) is 12.8 Å². The normalized spacial score (nSPS) is 19.8. The zero-order chi connectivity index (χ0) is 13.1. The molecule has 0 saturated carbocycles. The Bertz CT molecular complexity index is 408. The molecular weight excluding hydrogens is 228 g/mol. The molecule has 1 aliphatic heterocycles. The van der Waals surface area contributed by atoms with E-state index in [0.717, 1.165) is 12.4 Å². The summed E-state index contributed by atoms with van der Waals surface area (Å²) in [5.74, 6) is 2.73. The van der Waals surface area contributed by atoms with Gasteiger partial charge in [0.2, 0.25) is 0 Å². The summed E-state index contributed by atoms with van der Waals surface area (Å²) >= 11 is 0. The molecule has 1 atom stereocenters. The van der Waals surface area contributed by atoms with Gasteiger partial charge in [-0.3, -0.25) is 0 Å². The van der Waals surface area contributed by atoms with Crippen LogP contribution in [0.3, 0.4) is 0 Å². The number of methoxy groups -OCH3 is 1. The molecule has 1 aliphatic rings. The Hall–Kier alpha value is -1.36. The summed E-state index contributed by atoms with van der Waals surface area (Å²) in [5, 5.41) is 0. The molecule has 5 nitrogen and oxygen atoms in total. The lowest BCUT2D eigenvalue weighted by atomic mass is 10.0. The fourth-order valence-electron chi connectivity index (χ4n) is 2.61. The van der Waals surface area contributed by atoms with Gasteiger partial charge in [0.15, 0.2) is 5.82 Å². The maximum atomic E-state index is 5.85. The summed E-state index contributed by atoms with van der Waals surface area (Å²) in [7, 11) is 1.64. The second kappa shape index (κ2) is 5.52. The zero-order valence-corrected chi connectivity index (χ0v) is 11.4. The van der Waals surface area contributed by atoms with Gasteiger partial charge in [-0.05, 0) is 18.8 Å². The molecule has 18 heavy (non-hydrogen) atoms. The Morgan fingerprint density at radius 2 is 2.28 bits per heavy atom. The quantitative estimate of drug-likeness (QED) is 0.883. The first-order valence-corrected chi connectivity index (χ1v) is 6.51. The summed E-state index contributed by atoms with van der Waals surface area (Å²) in [4.78, 5) is 11.1. The van der Waals surface area contributed by atoms with Gasteiger partial charge in [-0.2, -0.15) is 0 Å². The van der Waals surface area contributed by atoms with Crippen LogP contribution in [0.5, 0.6) is 0 Å². The van der Waals surface area contributed by atoms with E-state index in [-0.39, 0.29) is 0 Å². The highest BCUT2D eigenvalue weighted by Crippen LogP contribution is 2.29. The predicted molar refractivity (Wildman–Crippen MR) is 72.4 cm³/mol. The first-order valence-electron chi connectivity index (χ1n) is 6.51. The predicted octanol–water partition coefficient (Wildman–Crippen LogP) is 1.83. The van der Waals surface area contributed by atoms with Gasteiger partial charge >= 0.3 is 0 Å². The topological polar surface area (TPSA) is 64.3 Å². The monoisotopic (exact) mass is 250 g/mol. The Morgan fingerprint density at radius 1 is 1.50 bits per heavy atom. The largest absolute Gasteiger partial charge is 0.384 e. The standard InChI is InChI=1S/C13H22N4O/c1-9(2)10-5-4-6-17(10)13-7-11(14)15-12(16-13)8-18-3/h7,9-10H,4-6,8H2,1-3H3,(H2,14,15,16). The molecule has 0 amide bonds. The highest BCUT2D eigenvalue weighted by atomic mass is 16.5. The maximum absolute atomic E-state index is 5.85. The highest BCUT2D eigenvalue weighted by molar-refractivity contribution is 5.48. The Morgan fingerprint density at radius 3 is 2.94 bits per heavy atom. The summed E-state index contributed by atoms with van der Waals surface area (Å²) in [6.07, 6.45) is 2.44. The van der Waals surface area contributed by atoms with Gasteiger partial charge in [0, 0.05) is 25.8 Å². The molecule has 0 bridgehead atoms. The average Bonchev–Trinajstić information content (AvgIpc) is 2.77. The van der Waals surface area contributed by atoms with E-state index in [9.17, 15) is 0 Å². The van der Waals surface area contributed by atoms with Crippen LogP contribution < -0.4 is 10.6 Å². The first-order chi connectivity index (χ1) is 8.61. The number of nitrogen functional groups attached to an aromatic ring is 1. The van der Waals surface area contributed by atoms with Crippen LogP contribution in [0.1, 0.15) is 32.5 Å². The van der Waals surface area contributed by atoms with Gasteiger partial charge in [0.25, 0.3) is 0 Å². The second-order valence-corrected chi connectivity index (χ2v) is 5.15. The van der Waals surface area contributed by atoms with Crippen molar-refractivity contribution in [1.29, 1.82) is 0 Å². The Balaban J connectivity index is 2.26. The van der Waals surface area contributed by atoms with Gasteiger partial charge in [-0.1, -0.05) is 13.8 Å². The van der Waals surface area contributed by atoms with Crippen LogP contribution >= 0.6 is 0 Å². The van der Waals surface area contributed by atoms with E-state index >= 15 is 0 Å². The smallest absolute Gasteiger partial charge is 0.158 e. The number of rotatable bonds is 4. The number of hydrogen-bond acceptors (Lipinski definition) is 5. The lowest BCUT2D eigenvalue weighted by Crippen LogP contribution is -2.34. The van der Waals surface area contributed by atoms with Gasteiger partial charge in [-0.15, -0.1) is 0 Å². The Labute approximate surface area is 108 Å². The van der Waals surface area contributed by atoms with Crippen LogP contribution in [0.4, 0.5) is 11.6 Å². The van der Waals surface area contributed by atoms with Crippen molar-refractivity contribution in [3.63, 3.8) is 0 Å². The molecule has 2 heterocycles. The molecule has 1 unspecified atom stereocenters. The van der Waals surface area contributed by atoms with Gasteiger partial charge in [0.05, 0.1) is 0 Å². The summed E-state index contributed by atoms with van der Waals surface area (Å²) in [5.41, 5.74) is 5.85. The van der Waals surface area contributed by atoms with Crippen molar-refractivity contribution in [1.82, 2.24) is 9.97 Å². The van der Waals surface area contributed by atoms with Crippen molar-refractivity contribution in [2.75, 3.05) is 24.3 Å².